The molecule has 18 heavy (non-hydrogen) atoms. The molecule has 1 aromatic carbocycles. The number of benzene rings is 1. The minimum atomic E-state index is 0.336. The van der Waals surface area contributed by atoms with Gasteiger partial charge in [0.1, 0.15) is 16.5 Å². The van der Waals surface area contributed by atoms with Gasteiger partial charge in [-0.2, -0.15) is 0 Å². The van der Waals surface area contributed by atoms with Crippen LogP contribution in [0.2, 0.25) is 0 Å². The first kappa shape index (κ1) is 13.1. The van der Waals surface area contributed by atoms with Gasteiger partial charge in [0, 0.05) is 24.2 Å². The Bertz CT molecular complexity index is 430. The molecule has 2 rings (SSSR count). The molecule has 0 amide bonds. The molecule has 1 aliphatic rings. The molecule has 0 bridgehead atoms. The molecule has 98 valence electrons. The second-order valence-electron chi connectivity index (χ2n) is 4.30. The van der Waals surface area contributed by atoms with E-state index in [0.29, 0.717) is 23.3 Å². The van der Waals surface area contributed by atoms with Crippen LogP contribution in [0.4, 0.5) is 0 Å². The monoisotopic (exact) mass is 267 g/mol. The lowest BCUT2D eigenvalue weighted by atomic mass is 10.1. The maximum atomic E-state index is 5.75. The molecule has 1 aromatic rings. The fraction of sp³-hybridized carbons (Fsp3) is 0.462. The van der Waals surface area contributed by atoms with Crippen molar-refractivity contribution < 1.29 is 14.2 Å². The number of hydrogen-bond donors (Lipinski definition) is 1. The molecule has 1 heterocycles. The van der Waals surface area contributed by atoms with Crippen LogP contribution in [0.15, 0.2) is 18.2 Å². The molecule has 1 saturated heterocycles. The van der Waals surface area contributed by atoms with E-state index in [0.717, 1.165) is 30.9 Å². The van der Waals surface area contributed by atoms with Crippen LogP contribution in [-0.4, -0.2) is 31.9 Å². The first-order valence-corrected chi connectivity index (χ1v) is 6.29. The van der Waals surface area contributed by atoms with Crippen LogP contribution < -0.4 is 15.2 Å². The average Bonchev–Trinajstić information content (AvgIpc) is 2.89. The zero-order valence-corrected chi connectivity index (χ0v) is 11.2. The van der Waals surface area contributed by atoms with Crippen molar-refractivity contribution in [2.45, 2.75) is 6.42 Å². The van der Waals surface area contributed by atoms with Gasteiger partial charge >= 0.3 is 0 Å². The fourth-order valence-electron chi connectivity index (χ4n) is 1.84. The molecule has 2 N–H and O–H groups in total. The number of thiocarbonyl (C=S) groups is 1. The number of methoxy groups -OCH3 is 1. The Labute approximate surface area is 112 Å². The number of ether oxygens (including phenoxy) is 3. The zero-order chi connectivity index (χ0) is 13.0. The molecule has 1 atom stereocenters. The van der Waals surface area contributed by atoms with Gasteiger partial charge in [-0.3, -0.25) is 0 Å². The van der Waals surface area contributed by atoms with E-state index in [1.54, 1.807) is 13.2 Å². The third-order valence-electron chi connectivity index (χ3n) is 2.91. The maximum absolute atomic E-state index is 5.75. The summed E-state index contributed by atoms with van der Waals surface area (Å²) in [4.78, 5) is 0.336. The summed E-state index contributed by atoms with van der Waals surface area (Å²) in [7, 11) is 1.60. The molecule has 1 aliphatic heterocycles. The topological polar surface area (TPSA) is 53.7 Å². The summed E-state index contributed by atoms with van der Waals surface area (Å²) in [5.41, 5.74) is 6.38. The van der Waals surface area contributed by atoms with Crippen molar-refractivity contribution in [3.05, 3.63) is 23.8 Å². The maximum Gasteiger partial charge on any atom is 0.123 e. The lowest BCUT2D eigenvalue weighted by Gasteiger charge is -2.12. The molecule has 0 saturated carbocycles. The van der Waals surface area contributed by atoms with Crippen LogP contribution in [0.5, 0.6) is 11.5 Å². The van der Waals surface area contributed by atoms with Gasteiger partial charge in [0.15, 0.2) is 0 Å². The second kappa shape index (κ2) is 6.02. The van der Waals surface area contributed by atoms with Crippen LogP contribution >= 0.6 is 12.2 Å². The van der Waals surface area contributed by atoms with Crippen molar-refractivity contribution in [3.63, 3.8) is 0 Å². The Morgan fingerprint density at radius 1 is 1.44 bits per heavy atom. The zero-order valence-electron chi connectivity index (χ0n) is 10.3. The van der Waals surface area contributed by atoms with Gasteiger partial charge in [-0.25, -0.2) is 0 Å². The summed E-state index contributed by atoms with van der Waals surface area (Å²) < 4.78 is 16.3. The number of hydrogen-bond acceptors (Lipinski definition) is 4. The van der Waals surface area contributed by atoms with Crippen molar-refractivity contribution in [2.75, 3.05) is 26.9 Å². The molecule has 0 radical (unpaired) electrons. The van der Waals surface area contributed by atoms with Crippen molar-refractivity contribution in [3.8, 4) is 11.5 Å². The highest BCUT2D eigenvalue weighted by Gasteiger charge is 2.16. The van der Waals surface area contributed by atoms with E-state index < -0.39 is 0 Å². The Balaban J connectivity index is 2.05. The van der Waals surface area contributed by atoms with E-state index in [1.165, 1.54) is 0 Å². The molecule has 0 aliphatic carbocycles. The highest BCUT2D eigenvalue weighted by Crippen LogP contribution is 2.24. The fourth-order valence-corrected chi connectivity index (χ4v) is 1.96. The van der Waals surface area contributed by atoms with Crippen LogP contribution in [-0.2, 0) is 4.74 Å². The van der Waals surface area contributed by atoms with Gasteiger partial charge in [-0.1, -0.05) is 12.2 Å². The standard InChI is InChI=1S/C13H17NO3S/c1-15-11-4-10(13(14)18)5-12(6-11)17-8-9-2-3-16-7-9/h4-6,9H,2-3,7-8H2,1H3,(H2,14,18). The predicted molar refractivity (Wildman–Crippen MR) is 73.3 cm³/mol. The molecule has 4 nitrogen and oxygen atoms in total. The van der Waals surface area contributed by atoms with Crippen LogP contribution in [0.25, 0.3) is 0 Å². The molecule has 0 aromatic heterocycles. The minimum Gasteiger partial charge on any atom is -0.497 e. The average molecular weight is 267 g/mol. The van der Waals surface area contributed by atoms with Crippen molar-refractivity contribution in [2.24, 2.45) is 11.7 Å². The molecule has 1 unspecified atom stereocenters. The van der Waals surface area contributed by atoms with Gasteiger partial charge in [0.2, 0.25) is 0 Å². The smallest absolute Gasteiger partial charge is 0.123 e. The van der Waals surface area contributed by atoms with E-state index in [9.17, 15) is 0 Å². The summed E-state index contributed by atoms with van der Waals surface area (Å²) in [5.74, 6) is 1.88. The molecule has 1 fully saturated rings. The van der Waals surface area contributed by atoms with Crippen molar-refractivity contribution >= 4 is 17.2 Å². The summed E-state index contributed by atoms with van der Waals surface area (Å²) in [6.45, 7) is 2.24. The highest BCUT2D eigenvalue weighted by molar-refractivity contribution is 7.80. The first-order valence-electron chi connectivity index (χ1n) is 5.88. The van der Waals surface area contributed by atoms with Crippen molar-refractivity contribution in [1.82, 2.24) is 0 Å². The van der Waals surface area contributed by atoms with E-state index in [1.807, 2.05) is 12.1 Å². The van der Waals surface area contributed by atoms with Crippen LogP contribution in [0.3, 0.4) is 0 Å². The minimum absolute atomic E-state index is 0.336. The molecular formula is C13H17NO3S. The van der Waals surface area contributed by atoms with Gasteiger partial charge in [0.05, 0.1) is 20.3 Å². The summed E-state index contributed by atoms with van der Waals surface area (Å²) >= 11 is 4.97. The van der Waals surface area contributed by atoms with Gasteiger partial charge < -0.3 is 19.9 Å². The Morgan fingerprint density at radius 3 is 2.83 bits per heavy atom. The number of rotatable bonds is 5. The molecule has 0 spiro atoms. The summed E-state index contributed by atoms with van der Waals surface area (Å²) in [6, 6.07) is 5.46. The van der Waals surface area contributed by atoms with Crippen molar-refractivity contribution in [1.29, 1.82) is 0 Å². The van der Waals surface area contributed by atoms with Gasteiger partial charge in [-0.15, -0.1) is 0 Å². The lowest BCUT2D eigenvalue weighted by Crippen LogP contribution is -2.13. The third kappa shape index (κ3) is 3.34. The summed E-state index contributed by atoms with van der Waals surface area (Å²) in [5, 5.41) is 0. The molecular weight excluding hydrogens is 250 g/mol. The van der Waals surface area contributed by atoms with Gasteiger partial charge in [0.25, 0.3) is 0 Å². The first-order chi connectivity index (χ1) is 8.69. The highest BCUT2D eigenvalue weighted by atomic mass is 32.1. The largest absolute Gasteiger partial charge is 0.497 e. The SMILES string of the molecule is COc1cc(OCC2CCOC2)cc(C(N)=S)c1. The normalized spacial score (nSPS) is 18.6. The predicted octanol–water partition coefficient (Wildman–Crippen LogP) is 1.74. The number of nitrogens with two attached hydrogens (primary N) is 1. The van der Waals surface area contributed by atoms with Gasteiger partial charge in [-0.05, 0) is 18.6 Å². The van der Waals surface area contributed by atoms with Crippen LogP contribution in [0.1, 0.15) is 12.0 Å². The summed E-state index contributed by atoms with van der Waals surface area (Å²) in [6.07, 6.45) is 1.05. The quantitative estimate of drug-likeness (QED) is 0.824. The Hall–Kier alpha value is -1.33. The Kier molecular flexibility index (Phi) is 4.38. The third-order valence-corrected chi connectivity index (χ3v) is 3.15. The second-order valence-corrected chi connectivity index (χ2v) is 4.74. The lowest BCUT2D eigenvalue weighted by molar-refractivity contribution is 0.167. The molecule has 5 heteroatoms. The van der Waals surface area contributed by atoms with Crippen LogP contribution in [0, 0.1) is 5.92 Å². The Morgan fingerprint density at radius 2 is 2.22 bits per heavy atom. The van der Waals surface area contributed by atoms with E-state index in [2.05, 4.69) is 0 Å². The van der Waals surface area contributed by atoms with E-state index in [4.69, 9.17) is 32.2 Å². The van der Waals surface area contributed by atoms with E-state index >= 15 is 0 Å². The van der Waals surface area contributed by atoms with E-state index in [-0.39, 0.29) is 0 Å².